The minimum atomic E-state index is -0.186. The Hall–Kier alpha value is -0.860. The Kier molecular flexibility index (Phi) is 5.34. The number of amides is 1. The van der Waals surface area contributed by atoms with E-state index >= 15 is 0 Å². The minimum absolute atomic E-state index is 0.0212. The fraction of sp³-hybridized carbons (Fsp3) is 0.778. The Morgan fingerprint density at radius 2 is 2.00 bits per heavy atom. The van der Waals surface area contributed by atoms with Crippen LogP contribution in [0.25, 0.3) is 0 Å². The molecule has 0 saturated heterocycles. The molecule has 1 amide bonds. The predicted octanol–water partition coefficient (Wildman–Crippen LogP) is 1.13. The van der Waals surface area contributed by atoms with Crippen molar-refractivity contribution in [1.82, 2.24) is 5.32 Å². The van der Waals surface area contributed by atoms with Gasteiger partial charge < -0.3 is 10.1 Å². The molecule has 0 bridgehead atoms. The third-order valence-electron chi connectivity index (χ3n) is 1.59. The highest BCUT2D eigenvalue weighted by Gasteiger charge is 2.13. The standard InChI is InChI=1S/C9H17NO2/c1-4-5-10-9(12)7(2)6-8(3)11/h7H,4-6H2,1-3H3,(H,10,12). The average Bonchev–Trinajstić information content (AvgIpc) is 1.98. The second-order valence-corrected chi connectivity index (χ2v) is 3.10. The first kappa shape index (κ1) is 11.1. The molecule has 1 atom stereocenters. The van der Waals surface area contributed by atoms with E-state index in [0.717, 1.165) is 6.42 Å². The van der Waals surface area contributed by atoms with Crippen molar-refractivity contribution in [2.75, 3.05) is 6.54 Å². The van der Waals surface area contributed by atoms with E-state index in [1.165, 1.54) is 6.92 Å². The molecule has 1 unspecified atom stereocenters. The van der Waals surface area contributed by atoms with E-state index in [9.17, 15) is 9.59 Å². The van der Waals surface area contributed by atoms with Crippen molar-refractivity contribution in [3.05, 3.63) is 0 Å². The highest BCUT2D eigenvalue weighted by atomic mass is 16.2. The maximum atomic E-state index is 11.2. The van der Waals surface area contributed by atoms with Crippen LogP contribution in [0.4, 0.5) is 0 Å². The first-order valence-electron chi connectivity index (χ1n) is 4.35. The normalized spacial score (nSPS) is 12.2. The van der Waals surface area contributed by atoms with Crippen molar-refractivity contribution in [2.24, 2.45) is 5.92 Å². The molecule has 0 heterocycles. The van der Waals surface area contributed by atoms with Gasteiger partial charge in [0.15, 0.2) is 0 Å². The monoisotopic (exact) mass is 171 g/mol. The van der Waals surface area contributed by atoms with Crippen LogP contribution >= 0.6 is 0 Å². The maximum absolute atomic E-state index is 11.2. The van der Waals surface area contributed by atoms with Gasteiger partial charge in [-0.05, 0) is 13.3 Å². The summed E-state index contributed by atoms with van der Waals surface area (Å²) in [6.07, 6.45) is 1.27. The molecule has 0 saturated carbocycles. The number of nitrogens with one attached hydrogen (secondary N) is 1. The first-order chi connectivity index (χ1) is 5.57. The molecule has 0 aromatic rings. The van der Waals surface area contributed by atoms with Crippen molar-refractivity contribution in [2.45, 2.75) is 33.6 Å². The summed E-state index contributed by atoms with van der Waals surface area (Å²) < 4.78 is 0. The van der Waals surface area contributed by atoms with Crippen LogP contribution in [0.3, 0.4) is 0 Å². The highest BCUT2D eigenvalue weighted by Crippen LogP contribution is 2.01. The van der Waals surface area contributed by atoms with Gasteiger partial charge in [0, 0.05) is 18.9 Å². The van der Waals surface area contributed by atoms with Crippen LogP contribution in [-0.4, -0.2) is 18.2 Å². The van der Waals surface area contributed by atoms with Gasteiger partial charge in [0.25, 0.3) is 0 Å². The summed E-state index contributed by atoms with van der Waals surface area (Å²) in [6, 6.07) is 0. The van der Waals surface area contributed by atoms with Crippen LogP contribution in [0.5, 0.6) is 0 Å². The highest BCUT2D eigenvalue weighted by molar-refractivity contribution is 5.85. The summed E-state index contributed by atoms with van der Waals surface area (Å²) in [5, 5.41) is 2.75. The van der Waals surface area contributed by atoms with Gasteiger partial charge in [-0.25, -0.2) is 0 Å². The summed E-state index contributed by atoms with van der Waals surface area (Å²) in [5.41, 5.74) is 0. The fourth-order valence-electron chi connectivity index (χ4n) is 0.946. The molecule has 0 radical (unpaired) electrons. The number of Topliss-reactive ketones (excluding diaryl/α,β-unsaturated/α-hetero) is 1. The topological polar surface area (TPSA) is 46.2 Å². The van der Waals surface area contributed by atoms with Gasteiger partial charge in [-0.2, -0.15) is 0 Å². The van der Waals surface area contributed by atoms with Gasteiger partial charge in [-0.3, -0.25) is 4.79 Å². The number of carbonyl (C=O) groups excluding carboxylic acids is 2. The average molecular weight is 171 g/mol. The lowest BCUT2D eigenvalue weighted by Crippen LogP contribution is -2.30. The van der Waals surface area contributed by atoms with Crippen molar-refractivity contribution < 1.29 is 9.59 Å². The molecular weight excluding hydrogens is 154 g/mol. The Morgan fingerprint density at radius 1 is 1.42 bits per heavy atom. The number of rotatable bonds is 5. The minimum Gasteiger partial charge on any atom is -0.356 e. The van der Waals surface area contributed by atoms with Crippen LogP contribution in [-0.2, 0) is 9.59 Å². The summed E-state index contributed by atoms with van der Waals surface area (Å²) >= 11 is 0. The van der Waals surface area contributed by atoms with Crippen molar-refractivity contribution >= 4 is 11.7 Å². The number of ketones is 1. The maximum Gasteiger partial charge on any atom is 0.223 e. The lowest BCUT2D eigenvalue weighted by molar-refractivity contribution is -0.128. The van der Waals surface area contributed by atoms with Gasteiger partial charge in [0.2, 0.25) is 5.91 Å². The Morgan fingerprint density at radius 3 is 2.42 bits per heavy atom. The van der Waals surface area contributed by atoms with E-state index in [4.69, 9.17) is 0 Å². The van der Waals surface area contributed by atoms with E-state index in [1.807, 2.05) is 6.92 Å². The Bertz CT molecular complexity index is 166. The third kappa shape index (κ3) is 4.88. The third-order valence-corrected chi connectivity index (χ3v) is 1.59. The molecule has 70 valence electrons. The molecule has 3 heteroatoms. The lowest BCUT2D eigenvalue weighted by Gasteiger charge is -2.08. The Balaban J connectivity index is 3.69. The predicted molar refractivity (Wildman–Crippen MR) is 47.8 cm³/mol. The summed E-state index contributed by atoms with van der Waals surface area (Å²) in [5.74, 6) is -0.143. The van der Waals surface area contributed by atoms with Crippen molar-refractivity contribution in [1.29, 1.82) is 0 Å². The molecule has 0 spiro atoms. The second kappa shape index (κ2) is 5.75. The summed E-state index contributed by atoms with van der Waals surface area (Å²) in [7, 11) is 0. The Labute approximate surface area is 73.5 Å². The molecule has 1 N–H and O–H groups in total. The van der Waals surface area contributed by atoms with E-state index in [2.05, 4.69) is 5.32 Å². The van der Waals surface area contributed by atoms with Crippen LogP contribution in [0.2, 0.25) is 0 Å². The molecular formula is C9H17NO2. The zero-order valence-corrected chi connectivity index (χ0v) is 8.02. The van der Waals surface area contributed by atoms with Gasteiger partial charge in [0.1, 0.15) is 5.78 Å². The van der Waals surface area contributed by atoms with Crippen LogP contribution in [0.1, 0.15) is 33.6 Å². The number of hydrogen-bond acceptors (Lipinski definition) is 2. The van der Waals surface area contributed by atoms with E-state index < -0.39 is 0 Å². The molecule has 12 heavy (non-hydrogen) atoms. The smallest absolute Gasteiger partial charge is 0.223 e. The van der Waals surface area contributed by atoms with Crippen LogP contribution in [0, 0.1) is 5.92 Å². The SMILES string of the molecule is CCCNC(=O)C(C)CC(C)=O. The number of carbonyl (C=O) groups is 2. The molecule has 0 aromatic carbocycles. The first-order valence-corrected chi connectivity index (χ1v) is 4.35. The van der Waals surface area contributed by atoms with Crippen molar-refractivity contribution in [3.8, 4) is 0 Å². The second-order valence-electron chi connectivity index (χ2n) is 3.10. The fourth-order valence-corrected chi connectivity index (χ4v) is 0.946. The van der Waals surface area contributed by atoms with Gasteiger partial charge in [0.05, 0.1) is 0 Å². The van der Waals surface area contributed by atoms with Gasteiger partial charge >= 0.3 is 0 Å². The van der Waals surface area contributed by atoms with E-state index in [0.29, 0.717) is 13.0 Å². The van der Waals surface area contributed by atoms with Crippen LogP contribution < -0.4 is 5.32 Å². The molecule has 0 fully saturated rings. The quantitative estimate of drug-likeness (QED) is 0.674. The summed E-state index contributed by atoms with van der Waals surface area (Å²) in [4.78, 5) is 21.8. The summed E-state index contributed by atoms with van der Waals surface area (Å²) in [6.45, 7) is 5.97. The molecule has 0 aliphatic rings. The van der Waals surface area contributed by atoms with Crippen LogP contribution in [0.15, 0.2) is 0 Å². The van der Waals surface area contributed by atoms with Crippen molar-refractivity contribution in [3.63, 3.8) is 0 Å². The molecule has 0 aromatic heterocycles. The number of hydrogen-bond donors (Lipinski definition) is 1. The molecule has 0 rings (SSSR count). The zero-order valence-electron chi connectivity index (χ0n) is 8.02. The zero-order chi connectivity index (χ0) is 9.56. The lowest BCUT2D eigenvalue weighted by atomic mass is 10.1. The van der Waals surface area contributed by atoms with Gasteiger partial charge in [-0.1, -0.05) is 13.8 Å². The molecule has 3 nitrogen and oxygen atoms in total. The van der Waals surface area contributed by atoms with Gasteiger partial charge in [-0.15, -0.1) is 0 Å². The molecule has 0 aliphatic heterocycles. The van der Waals surface area contributed by atoms with E-state index in [1.54, 1.807) is 6.92 Å². The van der Waals surface area contributed by atoms with E-state index in [-0.39, 0.29) is 17.6 Å². The molecule has 0 aliphatic carbocycles. The largest absolute Gasteiger partial charge is 0.356 e.